The lowest BCUT2D eigenvalue weighted by Crippen LogP contribution is -1.96. The first-order chi connectivity index (χ1) is 12.4. The summed E-state index contributed by atoms with van der Waals surface area (Å²) in [5.41, 5.74) is 2.75. The van der Waals surface area contributed by atoms with E-state index in [9.17, 15) is 17.6 Å². The molecule has 0 amide bonds. The summed E-state index contributed by atoms with van der Waals surface area (Å²) in [5, 5.41) is 0. The van der Waals surface area contributed by atoms with Crippen LogP contribution in [0.3, 0.4) is 0 Å². The molecule has 0 aliphatic rings. The van der Waals surface area contributed by atoms with Crippen LogP contribution in [0.4, 0.5) is 17.6 Å². The van der Waals surface area contributed by atoms with Crippen molar-refractivity contribution in [2.24, 2.45) is 0 Å². The molecule has 3 aromatic rings. The van der Waals surface area contributed by atoms with E-state index in [0.717, 1.165) is 30.5 Å². The zero-order valence-corrected chi connectivity index (χ0v) is 16.1. The Morgan fingerprint density at radius 3 is 1.85 bits per heavy atom. The topological polar surface area (TPSA) is 0 Å². The van der Waals surface area contributed by atoms with E-state index >= 15 is 0 Å². The van der Waals surface area contributed by atoms with Crippen LogP contribution in [0.15, 0.2) is 48.5 Å². The smallest absolute Gasteiger partial charge is 0.194 e. The molecule has 0 aliphatic carbocycles. The van der Waals surface area contributed by atoms with Crippen LogP contribution in [0.25, 0.3) is 22.3 Å². The number of benzene rings is 3. The van der Waals surface area contributed by atoms with Crippen LogP contribution in [0.5, 0.6) is 0 Å². The van der Waals surface area contributed by atoms with Gasteiger partial charge in [-0.15, -0.1) is 0 Å². The van der Waals surface area contributed by atoms with E-state index in [1.807, 2.05) is 46.9 Å². The van der Waals surface area contributed by atoms with Gasteiger partial charge in [-0.2, -0.15) is 0 Å². The average Bonchev–Trinajstić information content (AvgIpc) is 2.60. The molecule has 3 rings (SSSR count). The van der Waals surface area contributed by atoms with Gasteiger partial charge in [0.15, 0.2) is 17.5 Å². The number of rotatable bonds is 4. The van der Waals surface area contributed by atoms with Crippen molar-refractivity contribution in [3.05, 3.63) is 80.9 Å². The average molecular weight is 470 g/mol. The van der Waals surface area contributed by atoms with Crippen molar-refractivity contribution in [2.75, 3.05) is 0 Å². The molecule has 0 spiro atoms. The third-order valence-corrected chi connectivity index (χ3v) is 4.99. The number of aryl methyl sites for hydroxylation is 1. The van der Waals surface area contributed by atoms with E-state index in [4.69, 9.17) is 0 Å². The summed E-state index contributed by atoms with van der Waals surface area (Å²) in [6, 6.07) is 12.5. The predicted octanol–water partition coefficient (Wildman–Crippen LogP) is 7.13. The van der Waals surface area contributed by atoms with Gasteiger partial charge in [-0.3, -0.25) is 0 Å². The highest BCUT2D eigenvalue weighted by molar-refractivity contribution is 14.1. The molecule has 0 aliphatic heterocycles. The van der Waals surface area contributed by atoms with Crippen molar-refractivity contribution in [1.29, 1.82) is 0 Å². The van der Waals surface area contributed by atoms with Gasteiger partial charge < -0.3 is 0 Å². The van der Waals surface area contributed by atoms with E-state index < -0.39 is 23.3 Å². The monoisotopic (exact) mass is 470 g/mol. The second-order valence-corrected chi connectivity index (χ2v) is 7.18. The van der Waals surface area contributed by atoms with Crippen LogP contribution in [0, 0.1) is 26.8 Å². The second kappa shape index (κ2) is 7.78. The van der Waals surface area contributed by atoms with E-state index in [2.05, 4.69) is 6.92 Å². The van der Waals surface area contributed by atoms with Crippen LogP contribution < -0.4 is 0 Å². The molecule has 0 saturated heterocycles. The Labute approximate surface area is 163 Å². The summed E-state index contributed by atoms with van der Waals surface area (Å²) in [6.45, 7) is 2.10. The minimum atomic E-state index is -1.56. The molecule has 0 N–H and O–H groups in total. The molecular weight excluding hydrogens is 455 g/mol. The normalized spacial score (nSPS) is 11.0. The van der Waals surface area contributed by atoms with Gasteiger partial charge in [0, 0.05) is 9.13 Å². The van der Waals surface area contributed by atoms with Gasteiger partial charge in [-0.1, -0.05) is 37.6 Å². The Kier molecular flexibility index (Phi) is 5.65. The lowest BCUT2D eigenvalue weighted by molar-refractivity contribution is 0.447. The van der Waals surface area contributed by atoms with E-state index in [-0.39, 0.29) is 11.1 Å². The van der Waals surface area contributed by atoms with Crippen LogP contribution >= 0.6 is 22.6 Å². The minimum absolute atomic E-state index is 0.0341. The van der Waals surface area contributed by atoms with Gasteiger partial charge in [0.2, 0.25) is 0 Å². The molecule has 26 heavy (non-hydrogen) atoms. The second-order valence-electron chi connectivity index (χ2n) is 6.02. The van der Waals surface area contributed by atoms with Crippen molar-refractivity contribution < 1.29 is 17.6 Å². The van der Waals surface area contributed by atoms with E-state index in [1.54, 1.807) is 6.07 Å². The lowest BCUT2D eigenvalue weighted by Gasteiger charge is -2.11. The molecule has 0 fully saturated rings. The first kappa shape index (κ1) is 18.9. The molecule has 0 saturated carbocycles. The Bertz CT molecular complexity index is 903. The molecule has 3 aromatic carbocycles. The van der Waals surface area contributed by atoms with Crippen molar-refractivity contribution in [1.82, 2.24) is 0 Å². The van der Waals surface area contributed by atoms with Crippen molar-refractivity contribution >= 4 is 22.6 Å². The molecule has 0 unspecified atom stereocenters. The fraction of sp³-hybridized carbons (Fsp3) is 0.143. The third-order valence-electron chi connectivity index (χ3n) is 4.14. The van der Waals surface area contributed by atoms with E-state index in [1.165, 1.54) is 11.6 Å². The quantitative estimate of drug-likeness (QED) is 0.216. The maximum Gasteiger partial charge on any atom is 0.194 e. The summed E-state index contributed by atoms with van der Waals surface area (Å²) in [7, 11) is 0. The Balaban J connectivity index is 2.04. The maximum absolute atomic E-state index is 14.7. The first-order valence-corrected chi connectivity index (χ1v) is 9.22. The molecule has 5 heteroatoms. The third kappa shape index (κ3) is 3.77. The van der Waals surface area contributed by atoms with Crippen LogP contribution in [0.1, 0.15) is 18.9 Å². The Morgan fingerprint density at radius 2 is 1.31 bits per heavy atom. The first-order valence-electron chi connectivity index (χ1n) is 8.14. The number of hydrogen-bond acceptors (Lipinski definition) is 0. The summed E-state index contributed by atoms with van der Waals surface area (Å²) >= 11 is 1.92. The summed E-state index contributed by atoms with van der Waals surface area (Å²) in [6.07, 6.45) is 2.03. The maximum atomic E-state index is 14.7. The molecule has 0 bridgehead atoms. The highest BCUT2D eigenvalue weighted by Crippen LogP contribution is 2.34. The van der Waals surface area contributed by atoms with Crippen molar-refractivity contribution in [3.63, 3.8) is 0 Å². The molecular formula is C21H15F4I. The zero-order chi connectivity index (χ0) is 18.8. The summed E-state index contributed by atoms with van der Waals surface area (Å²) in [5.74, 6) is -4.86. The fourth-order valence-corrected chi connectivity index (χ4v) is 3.77. The predicted molar refractivity (Wildman–Crippen MR) is 104 cm³/mol. The van der Waals surface area contributed by atoms with Gasteiger partial charge in [-0.05, 0) is 75.5 Å². The Hall–Kier alpha value is -1.89. The van der Waals surface area contributed by atoms with Crippen LogP contribution in [-0.2, 0) is 6.42 Å². The lowest BCUT2D eigenvalue weighted by atomic mass is 9.98. The van der Waals surface area contributed by atoms with Crippen molar-refractivity contribution in [3.8, 4) is 22.3 Å². The number of halogens is 5. The summed E-state index contributed by atoms with van der Waals surface area (Å²) < 4.78 is 55.3. The molecule has 0 aromatic heterocycles. The highest BCUT2D eigenvalue weighted by Gasteiger charge is 2.17. The van der Waals surface area contributed by atoms with Gasteiger partial charge >= 0.3 is 0 Å². The van der Waals surface area contributed by atoms with Gasteiger partial charge in [-0.25, -0.2) is 17.6 Å². The Morgan fingerprint density at radius 1 is 0.731 bits per heavy atom. The largest absolute Gasteiger partial charge is 0.206 e. The molecule has 0 nitrogen and oxygen atoms in total. The van der Waals surface area contributed by atoms with Gasteiger partial charge in [0.25, 0.3) is 0 Å². The molecule has 0 heterocycles. The fourth-order valence-electron chi connectivity index (χ4n) is 2.87. The minimum Gasteiger partial charge on any atom is -0.206 e. The standard InChI is InChI=1S/C21H15F4I/c1-2-3-12-4-6-13(7-5-12)14-8-16(22)20(19(26)11-14)15-9-17(23)21(25)18(24)10-15/h4-11H,2-3H2,1H3. The van der Waals surface area contributed by atoms with E-state index in [0.29, 0.717) is 9.13 Å². The van der Waals surface area contributed by atoms with Gasteiger partial charge in [0.1, 0.15) is 5.82 Å². The van der Waals surface area contributed by atoms with Crippen LogP contribution in [0.2, 0.25) is 0 Å². The van der Waals surface area contributed by atoms with Crippen LogP contribution in [-0.4, -0.2) is 0 Å². The SMILES string of the molecule is CCCc1ccc(-c2cc(F)c(-c3cc(F)c(F)c(F)c3)c(I)c2)cc1. The molecule has 134 valence electrons. The molecule has 0 radical (unpaired) electrons. The zero-order valence-electron chi connectivity index (χ0n) is 13.9. The van der Waals surface area contributed by atoms with Gasteiger partial charge in [0.05, 0.1) is 0 Å². The molecule has 0 atom stereocenters. The van der Waals surface area contributed by atoms with Crippen molar-refractivity contribution in [2.45, 2.75) is 19.8 Å². The number of hydrogen-bond donors (Lipinski definition) is 0. The highest BCUT2D eigenvalue weighted by atomic mass is 127. The summed E-state index contributed by atoms with van der Waals surface area (Å²) in [4.78, 5) is 0.